The fourth-order valence-electron chi connectivity index (χ4n) is 0.204. The second-order valence-electron chi connectivity index (χ2n) is 0.781. The van der Waals surface area contributed by atoms with Crippen molar-refractivity contribution in [3.8, 4) is 0 Å². The molecule has 0 radical (unpaired) electrons. The molecule has 0 saturated heterocycles. The molecule has 80 valence electrons. The van der Waals surface area contributed by atoms with Crippen LogP contribution in [0.5, 0.6) is 0 Å². The van der Waals surface area contributed by atoms with Crippen LogP contribution in [-0.4, -0.2) is 13.2 Å². The van der Waals surface area contributed by atoms with Gasteiger partial charge in [0, 0.05) is 13.2 Å². The Kier molecular flexibility index (Phi) is 575. The fourth-order valence-corrected chi connectivity index (χ4v) is 0.204. The molecule has 1 heteroatoms. The minimum atomic E-state index is 0. The van der Waals surface area contributed by atoms with Crippen LogP contribution in [0.15, 0.2) is 0 Å². The van der Waals surface area contributed by atoms with Crippen molar-refractivity contribution in [3.63, 3.8) is 0 Å². The smallest absolute Gasteiger partial charge is 0.0437 e. The average molecular weight is 170 g/mol. The van der Waals surface area contributed by atoms with E-state index >= 15 is 0 Å². The Bertz CT molecular complexity index is 12.3. The first-order valence-corrected chi connectivity index (χ1v) is 1.99. The topological polar surface area (TPSA) is 9.23 Å². The summed E-state index contributed by atoms with van der Waals surface area (Å²) in [5, 5.41) is 0. The third-order valence-corrected chi connectivity index (χ3v) is 0.408. The van der Waals surface area contributed by atoms with E-state index in [1.54, 1.807) is 0 Å². The van der Waals surface area contributed by atoms with Gasteiger partial charge in [0.05, 0.1) is 0 Å². The number of rotatable bonds is 2. The van der Waals surface area contributed by atoms with Crippen LogP contribution in [0.2, 0.25) is 0 Å². The Morgan fingerprint density at radius 1 is 0.636 bits per heavy atom. The van der Waals surface area contributed by atoms with E-state index in [4.69, 9.17) is 4.74 Å². The van der Waals surface area contributed by atoms with Crippen molar-refractivity contribution in [1.29, 1.82) is 0 Å². The first kappa shape index (κ1) is 69.3. The molecule has 0 aromatic carbocycles. The van der Waals surface area contributed by atoms with E-state index in [9.17, 15) is 0 Å². The summed E-state index contributed by atoms with van der Waals surface area (Å²) in [6, 6.07) is 0. The Morgan fingerprint density at radius 2 is 0.818 bits per heavy atom. The van der Waals surface area contributed by atoms with E-state index in [-0.39, 0.29) is 44.6 Å². The monoisotopic (exact) mass is 170 g/mol. The lowest BCUT2D eigenvalue weighted by atomic mass is 10.8. The molecule has 11 heavy (non-hydrogen) atoms. The third kappa shape index (κ3) is 164. The van der Waals surface area contributed by atoms with Crippen LogP contribution in [0.25, 0.3) is 0 Å². The molecule has 0 bridgehead atoms. The van der Waals surface area contributed by atoms with Crippen molar-refractivity contribution in [3.05, 3.63) is 0 Å². The summed E-state index contributed by atoms with van der Waals surface area (Å²) in [5.41, 5.74) is 0. The fraction of sp³-hybridized carbons (Fsp3) is 1.00. The molecule has 0 saturated carbocycles. The molecule has 0 atom stereocenters. The second-order valence-corrected chi connectivity index (χ2v) is 0.781. The van der Waals surface area contributed by atoms with Gasteiger partial charge in [-0.05, 0) is 13.8 Å². The van der Waals surface area contributed by atoms with Crippen LogP contribution in [0.1, 0.15) is 58.4 Å². The number of ether oxygens (including phenoxy) is 1. The van der Waals surface area contributed by atoms with Gasteiger partial charge in [0.1, 0.15) is 0 Å². The molecule has 0 rings (SSSR count). The van der Waals surface area contributed by atoms with Gasteiger partial charge in [0.25, 0.3) is 0 Å². The zero-order valence-electron chi connectivity index (χ0n) is 3.82. The maximum atomic E-state index is 4.83. The average Bonchev–Trinajstić information content (AvgIpc) is 1.41. The van der Waals surface area contributed by atoms with Crippen molar-refractivity contribution in [1.82, 2.24) is 0 Å². The molecule has 0 spiro atoms. The summed E-state index contributed by atoms with van der Waals surface area (Å²) in [6.45, 7) is 5.67. The van der Waals surface area contributed by atoms with Gasteiger partial charge in [0.15, 0.2) is 0 Å². The lowest BCUT2D eigenvalue weighted by Crippen LogP contribution is -1.84. The molecule has 0 aliphatic heterocycles. The van der Waals surface area contributed by atoms with Crippen molar-refractivity contribution >= 4 is 0 Å². The molecule has 0 aromatic rings. The van der Waals surface area contributed by atoms with Crippen LogP contribution in [0, 0.1) is 0 Å². The molecule has 0 aliphatic rings. The zero-order chi connectivity index (χ0) is 4.12. The highest BCUT2D eigenvalue weighted by Crippen LogP contribution is 1.64. The normalized spacial score (nSPS) is 3.82. The molecule has 0 N–H and O–H groups in total. The summed E-state index contributed by atoms with van der Waals surface area (Å²) in [6.07, 6.45) is 0. The van der Waals surface area contributed by atoms with Gasteiger partial charge in [-0.25, -0.2) is 0 Å². The summed E-state index contributed by atoms with van der Waals surface area (Å²) in [7, 11) is 0. The lowest BCUT2D eigenvalue weighted by Gasteiger charge is -1.86. The molecule has 0 unspecified atom stereocenters. The molecular formula is C10H34O. The van der Waals surface area contributed by atoms with E-state index in [0.29, 0.717) is 0 Å². The third-order valence-electron chi connectivity index (χ3n) is 0.408. The molecule has 0 aromatic heterocycles. The Balaban J connectivity index is -0.00000000533. The van der Waals surface area contributed by atoms with Gasteiger partial charge >= 0.3 is 0 Å². The molecule has 0 fully saturated rings. The van der Waals surface area contributed by atoms with E-state index in [0.717, 1.165) is 13.2 Å². The maximum Gasteiger partial charge on any atom is 0.0437 e. The quantitative estimate of drug-likeness (QED) is 0.575. The minimum absolute atomic E-state index is 0. The Labute approximate surface area is 77.2 Å². The van der Waals surface area contributed by atoms with Gasteiger partial charge < -0.3 is 4.74 Å². The van der Waals surface area contributed by atoms with Gasteiger partial charge in [-0.1, -0.05) is 44.6 Å². The molecular weight excluding hydrogens is 136 g/mol. The largest absolute Gasteiger partial charge is 0.382 e. The molecule has 0 aliphatic carbocycles. The Hall–Kier alpha value is -0.0400. The van der Waals surface area contributed by atoms with Gasteiger partial charge in [-0.3, -0.25) is 0 Å². The van der Waals surface area contributed by atoms with E-state index in [2.05, 4.69) is 0 Å². The number of hydrogen-bond donors (Lipinski definition) is 0. The maximum absolute atomic E-state index is 4.83. The second kappa shape index (κ2) is 91.3. The highest BCUT2D eigenvalue weighted by atomic mass is 16.5. The molecule has 0 heterocycles. The molecule has 1 nitrogen and oxygen atoms in total. The van der Waals surface area contributed by atoms with E-state index in [1.165, 1.54) is 0 Å². The Morgan fingerprint density at radius 3 is 0.818 bits per heavy atom. The van der Waals surface area contributed by atoms with Gasteiger partial charge in [0.2, 0.25) is 0 Å². The van der Waals surface area contributed by atoms with Crippen LogP contribution in [0.3, 0.4) is 0 Å². The minimum Gasteiger partial charge on any atom is -0.382 e. The predicted molar refractivity (Wildman–Crippen MR) is 62.6 cm³/mol. The molecule has 0 amide bonds. The summed E-state index contributed by atoms with van der Waals surface area (Å²) in [4.78, 5) is 0. The van der Waals surface area contributed by atoms with E-state index in [1.807, 2.05) is 13.8 Å². The predicted octanol–water partition coefficient (Wildman–Crippen LogP) is 4.86. The van der Waals surface area contributed by atoms with Crippen LogP contribution >= 0.6 is 0 Å². The van der Waals surface area contributed by atoms with Crippen molar-refractivity contribution in [2.24, 2.45) is 0 Å². The van der Waals surface area contributed by atoms with Crippen LogP contribution < -0.4 is 0 Å². The summed E-state index contributed by atoms with van der Waals surface area (Å²) in [5.74, 6) is 0. The summed E-state index contributed by atoms with van der Waals surface area (Å²) < 4.78 is 4.83. The first-order valence-electron chi connectivity index (χ1n) is 1.99. The highest BCUT2D eigenvalue weighted by Gasteiger charge is 1.64. The van der Waals surface area contributed by atoms with Crippen molar-refractivity contribution < 1.29 is 4.74 Å². The van der Waals surface area contributed by atoms with E-state index < -0.39 is 0 Å². The SMILES string of the molecule is C.C.C.C.C.C.CCOCC. The first-order chi connectivity index (χ1) is 2.41. The van der Waals surface area contributed by atoms with Crippen molar-refractivity contribution in [2.45, 2.75) is 58.4 Å². The summed E-state index contributed by atoms with van der Waals surface area (Å²) >= 11 is 0. The lowest BCUT2D eigenvalue weighted by molar-refractivity contribution is 0.162. The highest BCUT2D eigenvalue weighted by molar-refractivity contribution is 4.07. The van der Waals surface area contributed by atoms with Gasteiger partial charge in [-0.2, -0.15) is 0 Å². The zero-order valence-corrected chi connectivity index (χ0v) is 3.82. The van der Waals surface area contributed by atoms with Crippen LogP contribution in [0.4, 0.5) is 0 Å². The van der Waals surface area contributed by atoms with Crippen molar-refractivity contribution in [2.75, 3.05) is 13.2 Å². The van der Waals surface area contributed by atoms with Crippen LogP contribution in [-0.2, 0) is 4.74 Å². The van der Waals surface area contributed by atoms with Gasteiger partial charge in [-0.15, -0.1) is 0 Å². The standard InChI is InChI=1S/C4H10O.6CH4/c1-3-5-4-2;;;;;;/h3-4H2,1-2H3;6*1H4. The number of hydrogen-bond acceptors (Lipinski definition) is 1.